The number of carbonyl (C=O) groups is 1. The molecule has 2 aliphatic heterocycles. The quantitative estimate of drug-likeness (QED) is 0.641. The van der Waals surface area contributed by atoms with Crippen molar-refractivity contribution in [3.8, 4) is 0 Å². The Bertz CT molecular complexity index is 229. The van der Waals surface area contributed by atoms with Crippen molar-refractivity contribution in [2.24, 2.45) is 5.92 Å². The molecule has 1 amide bonds. The van der Waals surface area contributed by atoms with Crippen LogP contribution in [0.5, 0.6) is 0 Å². The summed E-state index contributed by atoms with van der Waals surface area (Å²) in [7, 11) is 1.68. The SMILES string of the molecule is CO[C@H]1CNCC1NC(=O)C1CCOC1. The van der Waals surface area contributed by atoms with E-state index in [1.165, 1.54) is 0 Å². The van der Waals surface area contributed by atoms with E-state index in [1.807, 2.05) is 0 Å². The van der Waals surface area contributed by atoms with Gasteiger partial charge in [0, 0.05) is 26.8 Å². The van der Waals surface area contributed by atoms with Gasteiger partial charge in [-0.05, 0) is 6.42 Å². The zero-order valence-electron chi connectivity index (χ0n) is 8.99. The molecule has 2 unspecified atom stereocenters. The molecule has 2 rings (SSSR count). The molecule has 5 nitrogen and oxygen atoms in total. The molecule has 0 bridgehead atoms. The molecule has 2 N–H and O–H groups in total. The van der Waals surface area contributed by atoms with Crippen molar-refractivity contribution in [2.75, 3.05) is 33.4 Å². The van der Waals surface area contributed by atoms with Gasteiger partial charge in [0.2, 0.25) is 5.91 Å². The van der Waals surface area contributed by atoms with Crippen LogP contribution in [0.1, 0.15) is 6.42 Å². The minimum absolute atomic E-state index is 0.0307. The molecular weight excluding hydrogens is 196 g/mol. The van der Waals surface area contributed by atoms with Gasteiger partial charge in [-0.1, -0.05) is 0 Å². The fourth-order valence-corrected chi connectivity index (χ4v) is 2.09. The summed E-state index contributed by atoms with van der Waals surface area (Å²) >= 11 is 0. The number of nitrogens with one attached hydrogen (secondary N) is 2. The predicted molar refractivity (Wildman–Crippen MR) is 54.5 cm³/mol. The number of hydrogen-bond donors (Lipinski definition) is 2. The number of methoxy groups -OCH3 is 1. The van der Waals surface area contributed by atoms with Crippen LogP contribution in [0, 0.1) is 5.92 Å². The van der Waals surface area contributed by atoms with E-state index in [2.05, 4.69) is 10.6 Å². The third kappa shape index (κ3) is 2.48. The number of ether oxygens (including phenoxy) is 2. The highest BCUT2D eigenvalue weighted by Gasteiger charge is 2.31. The molecular formula is C10H18N2O3. The Kier molecular flexibility index (Phi) is 3.56. The average Bonchev–Trinajstić information content (AvgIpc) is 2.87. The highest BCUT2D eigenvalue weighted by molar-refractivity contribution is 5.79. The number of carbonyl (C=O) groups excluding carboxylic acids is 1. The Morgan fingerprint density at radius 1 is 1.53 bits per heavy atom. The molecule has 2 aliphatic rings. The van der Waals surface area contributed by atoms with E-state index in [9.17, 15) is 4.79 Å². The van der Waals surface area contributed by atoms with E-state index in [0.717, 1.165) is 19.5 Å². The molecule has 2 heterocycles. The van der Waals surface area contributed by atoms with Crippen LogP contribution in [0.3, 0.4) is 0 Å². The standard InChI is InChI=1S/C10H18N2O3/c1-14-9-5-11-4-8(9)12-10(13)7-2-3-15-6-7/h7-9,11H,2-6H2,1H3,(H,12,13)/t7?,8?,9-/m0/s1. The summed E-state index contributed by atoms with van der Waals surface area (Å²) in [5, 5.41) is 6.21. The Morgan fingerprint density at radius 3 is 3.07 bits per heavy atom. The van der Waals surface area contributed by atoms with Crippen LogP contribution in [-0.4, -0.2) is 51.5 Å². The fraction of sp³-hybridized carbons (Fsp3) is 0.900. The summed E-state index contributed by atoms with van der Waals surface area (Å²) in [5.74, 6) is 0.131. The highest BCUT2D eigenvalue weighted by Crippen LogP contribution is 2.13. The van der Waals surface area contributed by atoms with Gasteiger partial charge >= 0.3 is 0 Å². The van der Waals surface area contributed by atoms with Crippen LogP contribution in [0.2, 0.25) is 0 Å². The van der Waals surface area contributed by atoms with Crippen molar-refractivity contribution in [3.05, 3.63) is 0 Å². The van der Waals surface area contributed by atoms with Crippen LogP contribution in [-0.2, 0) is 14.3 Å². The van der Waals surface area contributed by atoms with E-state index < -0.39 is 0 Å². The van der Waals surface area contributed by atoms with Crippen molar-refractivity contribution in [1.82, 2.24) is 10.6 Å². The average molecular weight is 214 g/mol. The van der Waals surface area contributed by atoms with Crippen LogP contribution in [0.15, 0.2) is 0 Å². The zero-order chi connectivity index (χ0) is 10.7. The molecule has 5 heteroatoms. The van der Waals surface area contributed by atoms with Crippen molar-refractivity contribution in [1.29, 1.82) is 0 Å². The largest absolute Gasteiger partial charge is 0.381 e. The summed E-state index contributed by atoms with van der Waals surface area (Å²) in [6.07, 6.45) is 0.931. The van der Waals surface area contributed by atoms with Crippen molar-refractivity contribution < 1.29 is 14.3 Å². The molecule has 0 saturated carbocycles. The van der Waals surface area contributed by atoms with Crippen LogP contribution >= 0.6 is 0 Å². The smallest absolute Gasteiger partial charge is 0.225 e. The number of amides is 1. The molecule has 0 aromatic heterocycles. The summed E-state index contributed by atoms with van der Waals surface area (Å²) < 4.78 is 10.5. The molecule has 0 aromatic rings. The van der Waals surface area contributed by atoms with Crippen LogP contribution < -0.4 is 10.6 Å². The van der Waals surface area contributed by atoms with Gasteiger partial charge < -0.3 is 20.1 Å². The van der Waals surface area contributed by atoms with Gasteiger partial charge in [-0.3, -0.25) is 4.79 Å². The molecule has 2 fully saturated rings. The Morgan fingerprint density at radius 2 is 2.40 bits per heavy atom. The Balaban J connectivity index is 1.82. The summed E-state index contributed by atoms with van der Waals surface area (Å²) in [5.41, 5.74) is 0. The third-order valence-corrected chi connectivity index (χ3v) is 3.09. The molecule has 3 atom stereocenters. The van der Waals surface area contributed by atoms with E-state index in [-0.39, 0.29) is 24.0 Å². The van der Waals surface area contributed by atoms with Gasteiger partial charge in [-0.25, -0.2) is 0 Å². The number of rotatable bonds is 3. The van der Waals surface area contributed by atoms with Crippen LogP contribution in [0.25, 0.3) is 0 Å². The minimum atomic E-state index is 0.0307. The van der Waals surface area contributed by atoms with E-state index >= 15 is 0 Å². The van der Waals surface area contributed by atoms with Gasteiger partial charge in [0.05, 0.1) is 24.7 Å². The van der Waals surface area contributed by atoms with Gasteiger partial charge in [-0.15, -0.1) is 0 Å². The first-order valence-corrected chi connectivity index (χ1v) is 5.43. The summed E-state index contributed by atoms with van der Waals surface area (Å²) in [4.78, 5) is 11.8. The van der Waals surface area contributed by atoms with E-state index in [4.69, 9.17) is 9.47 Å². The molecule has 15 heavy (non-hydrogen) atoms. The van der Waals surface area contributed by atoms with Gasteiger partial charge in [0.15, 0.2) is 0 Å². The minimum Gasteiger partial charge on any atom is -0.381 e. The maximum Gasteiger partial charge on any atom is 0.225 e. The first-order valence-electron chi connectivity index (χ1n) is 5.43. The monoisotopic (exact) mass is 214 g/mol. The lowest BCUT2D eigenvalue weighted by molar-refractivity contribution is -0.126. The molecule has 2 saturated heterocycles. The molecule has 0 radical (unpaired) electrons. The molecule has 0 spiro atoms. The maximum absolute atomic E-state index is 11.8. The first-order chi connectivity index (χ1) is 7.31. The maximum atomic E-state index is 11.8. The lowest BCUT2D eigenvalue weighted by atomic mass is 10.1. The van der Waals surface area contributed by atoms with Gasteiger partial charge in [0.1, 0.15) is 0 Å². The highest BCUT2D eigenvalue weighted by atomic mass is 16.5. The predicted octanol–water partition coefficient (Wildman–Crippen LogP) is -0.874. The summed E-state index contributed by atoms with van der Waals surface area (Å²) in [6.45, 7) is 2.86. The summed E-state index contributed by atoms with van der Waals surface area (Å²) in [6, 6.07) is 0.100. The Hall–Kier alpha value is -0.650. The van der Waals surface area contributed by atoms with Crippen molar-refractivity contribution >= 4 is 5.91 Å². The third-order valence-electron chi connectivity index (χ3n) is 3.09. The normalized spacial score (nSPS) is 35.7. The fourth-order valence-electron chi connectivity index (χ4n) is 2.09. The van der Waals surface area contributed by atoms with Crippen molar-refractivity contribution in [2.45, 2.75) is 18.6 Å². The van der Waals surface area contributed by atoms with E-state index in [0.29, 0.717) is 13.2 Å². The number of hydrogen-bond acceptors (Lipinski definition) is 4. The molecule has 86 valence electrons. The lowest BCUT2D eigenvalue weighted by Gasteiger charge is -2.20. The van der Waals surface area contributed by atoms with E-state index in [1.54, 1.807) is 7.11 Å². The first kappa shape index (κ1) is 10.9. The van der Waals surface area contributed by atoms with Gasteiger partial charge in [0.25, 0.3) is 0 Å². The second-order valence-electron chi connectivity index (χ2n) is 4.11. The Labute approximate surface area is 89.5 Å². The second kappa shape index (κ2) is 4.92. The molecule has 0 aliphatic carbocycles. The lowest BCUT2D eigenvalue weighted by Crippen LogP contribution is -2.46. The topological polar surface area (TPSA) is 59.6 Å². The van der Waals surface area contributed by atoms with Crippen molar-refractivity contribution in [3.63, 3.8) is 0 Å². The van der Waals surface area contributed by atoms with Crippen LogP contribution in [0.4, 0.5) is 0 Å². The second-order valence-corrected chi connectivity index (χ2v) is 4.11. The zero-order valence-corrected chi connectivity index (χ0v) is 8.99. The van der Waals surface area contributed by atoms with Gasteiger partial charge in [-0.2, -0.15) is 0 Å². The molecule has 0 aromatic carbocycles.